The van der Waals surface area contributed by atoms with E-state index in [1.807, 2.05) is 6.92 Å². The molecule has 0 unspecified atom stereocenters. The number of hydrogen-bond donors (Lipinski definition) is 2. The summed E-state index contributed by atoms with van der Waals surface area (Å²) >= 11 is 4.40. The van der Waals surface area contributed by atoms with Crippen molar-refractivity contribution >= 4 is 24.5 Å². The Balaban J connectivity index is 3.10. The average molecular weight is 437 g/mol. The van der Waals surface area contributed by atoms with Gasteiger partial charge in [0.05, 0.1) is 13.2 Å². The fraction of sp³-hybridized carbons (Fsp3) is 0.857. The molecule has 0 aromatic heterocycles. The van der Waals surface area contributed by atoms with Crippen LogP contribution < -0.4 is 0 Å². The quantitative estimate of drug-likeness (QED) is 0.103. The van der Waals surface area contributed by atoms with Gasteiger partial charge in [-0.1, -0.05) is 89.5 Å². The van der Waals surface area contributed by atoms with Crippen LogP contribution in [0.2, 0.25) is 0 Å². The molecule has 2 N–H and O–H groups in total. The first-order valence-electron chi connectivity index (χ1n) is 11.0. The van der Waals surface area contributed by atoms with Crippen LogP contribution in [-0.4, -0.2) is 29.0 Å². The number of allylic oxidation sites excluding steroid dienone is 1. The summed E-state index contributed by atoms with van der Waals surface area (Å²) in [7, 11) is 0. The Kier molecular flexibility index (Phi) is 19.8. The Morgan fingerprint density at radius 2 is 1.11 bits per heavy atom. The molecule has 0 aromatic rings. The molecule has 5 nitrogen and oxygen atoms in total. The van der Waals surface area contributed by atoms with Crippen molar-refractivity contribution in [2.24, 2.45) is 0 Å². The number of ether oxygens (including phenoxy) is 1. The SMILES string of the molecule is CC=CC(=O)OCCCCCCCCCCCCCCCCCOP(O)(O)=S. The molecule has 0 atom stereocenters. The van der Waals surface area contributed by atoms with Crippen LogP contribution in [0.3, 0.4) is 0 Å². The molecule has 0 aliphatic heterocycles. The minimum absolute atomic E-state index is 0.234. The molecule has 7 heteroatoms. The molecule has 0 amide bonds. The number of hydrogen-bond acceptors (Lipinski definition) is 4. The minimum atomic E-state index is -3.45. The number of unbranched alkanes of at least 4 members (excludes halogenated alkanes) is 14. The van der Waals surface area contributed by atoms with Gasteiger partial charge in [0.15, 0.2) is 0 Å². The molecule has 0 rings (SSSR count). The van der Waals surface area contributed by atoms with Crippen LogP contribution in [-0.2, 0) is 25.9 Å². The molecule has 28 heavy (non-hydrogen) atoms. The van der Waals surface area contributed by atoms with Gasteiger partial charge in [0, 0.05) is 6.08 Å². The van der Waals surface area contributed by atoms with Crippen molar-refractivity contribution in [1.82, 2.24) is 0 Å². The minimum Gasteiger partial charge on any atom is -0.463 e. The fourth-order valence-corrected chi connectivity index (χ4v) is 3.63. The zero-order valence-electron chi connectivity index (χ0n) is 17.7. The molecule has 0 heterocycles. The second-order valence-corrected chi connectivity index (χ2v) is 9.96. The highest BCUT2D eigenvalue weighted by Crippen LogP contribution is 2.36. The third-order valence-corrected chi connectivity index (χ3v) is 5.43. The maximum atomic E-state index is 11.1. The number of esters is 1. The van der Waals surface area contributed by atoms with Gasteiger partial charge >= 0.3 is 12.7 Å². The van der Waals surface area contributed by atoms with Crippen LogP contribution in [0.15, 0.2) is 12.2 Å². The maximum Gasteiger partial charge on any atom is 0.330 e. The van der Waals surface area contributed by atoms with Gasteiger partial charge in [-0.25, -0.2) is 4.79 Å². The highest BCUT2D eigenvalue weighted by molar-refractivity contribution is 8.06. The van der Waals surface area contributed by atoms with Gasteiger partial charge in [-0.3, -0.25) is 0 Å². The molecule has 0 spiro atoms. The Bertz CT molecular complexity index is 437. The third-order valence-electron chi connectivity index (χ3n) is 4.60. The smallest absolute Gasteiger partial charge is 0.330 e. The van der Waals surface area contributed by atoms with E-state index in [1.165, 1.54) is 76.7 Å². The fourth-order valence-electron chi connectivity index (χ4n) is 3.04. The zero-order valence-corrected chi connectivity index (χ0v) is 19.4. The summed E-state index contributed by atoms with van der Waals surface area (Å²) < 4.78 is 9.85. The summed E-state index contributed by atoms with van der Waals surface area (Å²) in [5, 5.41) is 0. The molecule has 0 saturated carbocycles. The van der Waals surface area contributed by atoms with Crippen LogP contribution in [0.1, 0.15) is 103 Å². The van der Waals surface area contributed by atoms with Crippen molar-refractivity contribution in [2.75, 3.05) is 13.2 Å². The topological polar surface area (TPSA) is 76.0 Å². The van der Waals surface area contributed by atoms with Gasteiger partial charge < -0.3 is 19.0 Å². The number of rotatable bonds is 20. The highest BCUT2D eigenvalue weighted by atomic mass is 32.5. The van der Waals surface area contributed by atoms with Crippen LogP contribution in [0.25, 0.3) is 0 Å². The largest absolute Gasteiger partial charge is 0.463 e. The molecule has 166 valence electrons. The van der Waals surface area contributed by atoms with Crippen LogP contribution in [0, 0.1) is 0 Å². The van der Waals surface area contributed by atoms with Gasteiger partial charge in [0.1, 0.15) is 0 Å². The summed E-state index contributed by atoms with van der Waals surface area (Å²) in [5.41, 5.74) is 0. The summed E-state index contributed by atoms with van der Waals surface area (Å²) in [5.74, 6) is -0.234. The van der Waals surface area contributed by atoms with Crippen molar-refractivity contribution in [3.05, 3.63) is 12.2 Å². The van der Waals surface area contributed by atoms with Crippen LogP contribution in [0.5, 0.6) is 0 Å². The average Bonchev–Trinajstić information content (AvgIpc) is 2.63. The van der Waals surface area contributed by atoms with E-state index in [2.05, 4.69) is 11.8 Å². The molecule has 0 bridgehead atoms. The Morgan fingerprint density at radius 1 is 0.750 bits per heavy atom. The molecular weight excluding hydrogens is 395 g/mol. The zero-order chi connectivity index (χ0) is 20.9. The molecule has 0 saturated heterocycles. The Morgan fingerprint density at radius 3 is 1.46 bits per heavy atom. The van der Waals surface area contributed by atoms with E-state index in [4.69, 9.17) is 19.0 Å². The molecule has 0 aliphatic carbocycles. The summed E-state index contributed by atoms with van der Waals surface area (Å²) in [6.07, 6.45) is 21.4. The van der Waals surface area contributed by atoms with E-state index in [0.29, 0.717) is 13.2 Å². The molecule has 0 fully saturated rings. The van der Waals surface area contributed by atoms with E-state index in [9.17, 15) is 4.79 Å². The van der Waals surface area contributed by atoms with E-state index in [1.54, 1.807) is 6.08 Å². The molecule has 0 radical (unpaired) electrons. The number of carbonyl (C=O) groups excluding carboxylic acids is 1. The van der Waals surface area contributed by atoms with E-state index in [0.717, 1.165) is 25.7 Å². The van der Waals surface area contributed by atoms with Gasteiger partial charge in [-0.2, -0.15) is 0 Å². The van der Waals surface area contributed by atoms with Crippen molar-refractivity contribution < 1.29 is 23.8 Å². The first-order chi connectivity index (χ1) is 13.5. The van der Waals surface area contributed by atoms with Crippen molar-refractivity contribution in [3.8, 4) is 0 Å². The Hall–Kier alpha value is -0.260. The van der Waals surface area contributed by atoms with Crippen molar-refractivity contribution in [2.45, 2.75) is 103 Å². The van der Waals surface area contributed by atoms with E-state index >= 15 is 0 Å². The van der Waals surface area contributed by atoms with E-state index < -0.39 is 6.72 Å². The monoisotopic (exact) mass is 436 g/mol. The van der Waals surface area contributed by atoms with Crippen LogP contribution in [0.4, 0.5) is 0 Å². The highest BCUT2D eigenvalue weighted by Gasteiger charge is 2.06. The maximum absolute atomic E-state index is 11.1. The van der Waals surface area contributed by atoms with Crippen LogP contribution >= 0.6 is 6.72 Å². The van der Waals surface area contributed by atoms with Crippen molar-refractivity contribution in [1.29, 1.82) is 0 Å². The summed E-state index contributed by atoms with van der Waals surface area (Å²) in [6, 6.07) is 0. The first-order valence-corrected chi connectivity index (χ1v) is 13.6. The predicted molar refractivity (Wildman–Crippen MR) is 120 cm³/mol. The lowest BCUT2D eigenvalue weighted by molar-refractivity contribution is -0.137. The Labute approximate surface area is 177 Å². The second kappa shape index (κ2) is 20.0. The van der Waals surface area contributed by atoms with E-state index in [-0.39, 0.29) is 5.97 Å². The van der Waals surface area contributed by atoms with Crippen molar-refractivity contribution in [3.63, 3.8) is 0 Å². The van der Waals surface area contributed by atoms with Gasteiger partial charge in [-0.05, 0) is 31.6 Å². The van der Waals surface area contributed by atoms with Gasteiger partial charge in [0.25, 0.3) is 0 Å². The molecule has 0 aliphatic rings. The lowest BCUT2D eigenvalue weighted by Gasteiger charge is -2.07. The third kappa shape index (κ3) is 23.8. The summed E-state index contributed by atoms with van der Waals surface area (Å²) in [6.45, 7) is -0.739. The molecular formula is C21H41O5PS. The standard InChI is InChI=1S/C21H41O5PS/c1-2-18-21(22)25-19-16-14-12-10-8-6-4-3-5-7-9-11-13-15-17-20-26-27(23,24)28/h2,18H,3-17,19-20H2,1H3,(H2,23,24,28). The second-order valence-electron chi connectivity index (χ2n) is 7.29. The lowest BCUT2D eigenvalue weighted by Crippen LogP contribution is -2.01. The predicted octanol–water partition coefficient (Wildman–Crippen LogP) is 6.18. The summed E-state index contributed by atoms with van der Waals surface area (Å²) in [4.78, 5) is 29.0. The first kappa shape index (κ1) is 27.7. The lowest BCUT2D eigenvalue weighted by atomic mass is 10.0. The normalized spacial score (nSPS) is 12.0. The number of carbonyl (C=O) groups is 1. The van der Waals surface area contributed by atoms with Gasteiger partial charge in [-0.15, -0.1) is 0 Å². The molecule has 0 aromatic carbocycles. The van der Waals surface area contributed by atoms with Gasteiger partial charge in [0.2, 0.25) is 0 Å².